The summed E-state index contributed by atoms with van der Waals surface area (Å²) in [5, 5.41) is 0. The number of rotatable bonds is 6. The van der Waals surface area contributed by atoms with Gasteiger partial charge in [0.2, 0.25) is 0 Å². The minimum atomic E-state index is -0.0973. The first kappa shape index (κ1) is 16.3. The van der Waals surface area contributed by atoms with Gasteiger partial charge in [0, 0.05) is 6.04 Å². The van der Waals surface area contributed by atoms with E-state index < -0.39 is 0 Å². The molecule has 0 aromatic heterocycles. The monoisotopic (exact) mass is 204 g/mol. The molecular formula is C10H28N4. The van der Waals surface area contributed by atoms with Gasteiger partial charge in [-0.1, -0.05) is 26.7 Å². The fourth-order valence-corrected chi connectivity index (χ4v) is 0.858. The molecule has 0 aliphatic rings. The molecule has 0 rings (SSSR count). The Labute approximate surface area is 88.4 Å². The van der Waals surface area contributed by atoms with Gasteiger partial charge in [-0.05, 0) is 25.8 Å². The van der Waals surface area contributed by atoms with Gasteiger partial charge in [-0.2, -0.15) is 0 Å². The van der Waals surface area contributed by atoms with Crippen molar-refractivity contribution in [3.8, 4) is 0 Å². The Hall–Kier alpha value is -0.160. The summed E-state index contributed by atoms with van der Waals surface area (Å²) in [5.41, 5.74) is 21.2. The molecule has 0 radical (unpaired) electrons. The van der Waals surface area contributed by atoms with Crippen LogP contribution in [0.2, 0.25) is 0 Å². The van der Waals surface area contributed by atoms with E-state index in [-0.39, 0.29) is 6.17 Å². The van der Waals surface area contributed by atoms with Crippen LogP contribution in [0.15, 0.2) is 0 Å². The summed E-state index contributed by atoms with van der Waals surface area (Å²) in [5.74, 6) is 0. The van der Waals surface area contributed by atoms with Crippen LogP contribution >= 0.6 is 0 Å². The van der Waals surface area contributed by atoms with Crippen LogP contribution in [0, 0.1) is 0 Å². The molecule has 0 aromatic rings. The van der Waals surface area contributed by atoms with E-state index >= 15 is 0 Å². The molecule has 0 spiro atoms. The number of hydrogen-bond donors (Lipinski definition) is 4. The molecule has 8 N–H and O–H groups in total. The lowest BCUT2D eigenvalue weighted by molar-refractivity contribution is 0.595. The molecule has 88 valence electrons. The minimum Gasteiger partial charge on any atom is -0.330 e. The second-order valence-electron chi connectivity index (χ2n) is 3.55. The van der Waals surface area contributed by atoms with Crippen molar-refractivity contribution in [3.63, 3.8) is 0 Å². The highest BCUT2D eigenvalue weighted by atomic mass is 14.8. The summed E-state index contributed by atoms with van der Waals surface area (Å²) in [6, 6.07) is 0.324. The van der Waals surface area contributed by atoms with Gasteiger partial charge in [0.15, 0.2) is 0 Å². The van der Waals surface area contributed by atoms with Crippen LogP contribution in [0.1, 0.15) is 46.0 Å². The number of nitrogens with two attached hydrogens (primary N) is 4. The van der Waals surface area contributed by atoms with Crippen molar-refractivity contribution >= 4 is 0 Å². The van der Waals surface area contributed by atoms with Gasteiger partial charge in [0.1, 0.15) is 0 Å². The zero-order valence-corrected chi connectivity index (χ0v) is 9.71. The third kappa shape index (κ3) is 17.8. The lowest BCUT2D eigenvalue weighted by Crippen LogP contribution is -2.29. The van der Waals surface area contributed by atoms with E-state index in [9.17, 15) is 0 Å². The highest BCUT2D eigenvalue weighted by Crippen LogP contribution is 1.91. The maximum absolute atomic E-state index is 5.50. The topological polar surface area (TPSA) is 104 Å². The zero-order chi connectivity index (χ0) is 11.4. The Morgan fingerprint density at radius 3 is 1.71 bits per heavy atom. The van der Waals surface area contributed by atoms with E-state index in [4.69, 9.17) is 22.9 Å². The van der Waals surface area contributed by atoms with Crippen molar-refractivity contribution < 1.29 is 0 Å². The highest BCUT2D eigenvalue weighted by molar-refractivity contribution is 4.56. The van der Waals surface area contributed by atoms with Gasteiger partial charge < -0.3 is 22.9 Å². The maximum Gasteiger partial charge on any atom is 0.0520 e. The molecule has 0 fully saturated rings. The van der Waals surface area contributed by atoms with Crippen LogP contribution in [0.3, 0.4) is 0 Å². The second-order valence-corrected chi connectivity index (χ2v) is 3.55. The van der Waals surface area contributed by atoms with Gasteiger partial charge in [0.25, 0.3) is 0 Å². The van der Waals surface area contributed by atoms with Gasteiger partial charge in [0.05, 0.1) is 6.17 Å². The van der Waals surface area contributed by atoms with Gasteiger partial charge >= 0.3 is 0 Å². The Balaban J connectivity index is 0. The fraction of sp³-hybridized carbons (Fsp3) is 1.00. The fourth-order valence-electron chi connectivity index (χ4n) is 0.858. The van der Waals surface area contributed by atoms with E-state index in [1.54, 1.807) is 0 Å². The van der Waals surface area contributed by atoms with E-state index in [1.807, 2.05) is 0 Å². The number of hydrogen-bond acceptors (Lipinski definition) is 4. The lowest BCUT2D eigenvalue weighted by atomic mass is 10.2. The summed E-state index contributed by atoms with van der Waals surface area (Å²) in [6.45, 7) is 4.91. The van der Waals surface area contributed by atoms with Crippen molar-refractivity contribution in [2.24, 2.45) is 22.9 Å². The van der Waals surface area contributed by atoms with E-state index in [0.29, 0.717) is 6.04 Å². The molecule has 1 unspecified atom stereocenters. The predicted octanol–water partition coefficient (Wildman–Crippen LogP) is 0.493. The summed E-state index contributed by atoms with van der Waals surface area (Å²) in [7, 11) is 0. The molecule has 0 aliphatic carbocycles. The van der Waals surface area contributed by atoms with Crippen molar-refractivity contribution in [2.75, 3.05) is 6.54 Å². The van der Waals surface area contributed by atoms with Gasteiger partial charge in [-0.3, -0.25) is 0 Å². The molecule has 0 bridgehead atoms. The SMILES string of the molecule is CCC(N)CCN.CCCCC(N)N. The summed E-state index contributed by atoms with van der Waals surface area (Å²) < 4.78 is 0. The first-order valence-corrected chi connectivity index (χ1v) is 5.55. The van der Waals surface area contributed by atoms with Crippen LogP contribution in [-0.2, 0) is 0 Å². The zero-order valence-electron chi connectivity index (χ0n) is 9.71. The van der Waals surface area contributed by atoms with E-state index in [1.165, 1.54) is 6.42 Å². The summed E-state index contributed by atoms with van der Waals surface area (Å²) in [6.07, 6.45) is 5.19. The van der Waals surface area contributed by atoms with Crippen molar-refractivity contribution in [2.45, 2.75) is 58.2 Å². The van der Waals surface area contributed by atoms with E-state index in [2.05, 4.69) is 13.8 Å². The smallest absolute Gasteiger partial charge is 0.0520 e. The van der Waals surface area contributed by atoms with Crippen LogP contribution in [0.4, 0.5) is 0 Å². The Morgan fingerprint density at radius 1 is 1.00 bits per heavy atom. The average molecular weight is 204 g/mol. The quantitative estimate of drug-likeness (QED) is 0.473. The van der Waals surface area contributed by atoms with Gasteiger partial charge in [-0.15, -0.1) is 0 Å². The van der Waals surface area contributed by atoms with E-state index in [0.717, 1.165) is 32.2 Å². The third-order valence-corrected chi connectivity index (χ3v) is 1.95. The highest BCUT2D eigenvalue weighted by Gasteiger charge is 1.92. The molecule has 0 amide bonds. The molecule has 1 atom stereocenters. The molecule has 14 heavy (non-hydrogen) atoms. The van der Waals surface area contributed by atoms with Crippen LogP contribution in [0.5, 0.6) is 0 Å². The Morgan fingerprint density at radius 2 is 1.57 bits per heavy atom. The summed E-state index contributed by atoms with van der Waals surface area (Å²) in [4.78, 5) is 0. The lowest BCUT2D eigenvalue weighted by Gasteiger charge is -2.03. The molecule has 4 heteroatoms. The van der Waals surface area contributed by atoms with Crippen molar-refractivity contribution in [1.29, 1.82) is 0 Å². The van der Waals surface area contributed by atoms with Crippen LogP contribution < -0.4 is 22.9 Å². The average Bonchev–Trinajstić information content (AvgIpc) is 2.16. The van der Waals surface area contributed by atoms with Crippen molar-refractivity contribution in [1.82, 2.24) is 0 Å². The Bertz CT molecular complexity index is 96.1. The molecule has 0 aliphatic heterocycles. The largest absolute Gasteiger partial charge is 0.330 e. The standard InChI is InChI=1S/2C5H14N2/c1-2-5(7)3-4-6;1-2-3-4-5(6)7/h2*5H,2-4,6-7H2,1H3. The molecule has 0 saturated carbocycles. The molecule has 0 heterocycles. The predicted molar refractivity (Wildman–Crippen MR) is 63.6 cm³/mol. The van der Waals surface area contributed by atoms with Crippen LogP contribution in [0.25, 0.3) is 0 Å². The summed E-state index contributed by atoms with van der Waals surface area (Å²) >= 11 is 0. The molecule has 4 nitrogen and oxygen atoms in total. The molecular weight excluding hydrogens is 176 g/mol. The number of unbranched alkanes of at least 4 members (excludes halogenated alkanes) is 1. The minimum absolute atomic E-state index is 0.0973. The molecule has 0 saturated heterocycles. The maximum atomic E-state index is 5.50. The first-order valence-electron chi connectivity index (χ1n) is 5.55. The second kappa shape index (κ2) is 12.8. The Kier molecular flexibility index (Phi) is 14.9. The third-order valence-electron chi connectivity index (χ3n) is 1.95. The first-order chi connectivity index (χ1) is 6.58. The normalized spacial score (nSPS) is 12.2. The molecule has 0 aromatic carbocycles. The van der Waals surface area contributed by atoms with Crippen LogP contribution in [-0.4, -0.2) is 18.8 Å². The van der Waals surface area contributed by atoms with Gasteiger partial charge in [-0.25, -0.2) is 0 Å². The van der Waals surface area contributed by atoms with Crippen molar-refractivity contribution in [3.05, 3.63) is 0 Å².